The van der Waals surface area contributed by atoms with Gasteiger partial charge in [0.1, 0.15) is 0 Å². The Bertz CT molecular complexity index is 280. The third-order valence-electron chi connectivity index (χ3n) is 0.741. The lowest BCUT2D eigenvalue weighted by Crippen LogP contribution is -2.26. The van der Waals surface area contributed by atoms with E-state index in [-0.39, 0.29) is 0 Å². The Balaban J connectivity index is 2.45. The molecule has 0 saturated carbocycles. The molecule has 2 N–H and O–H groups in total. The monoisotopic (exact) mass is 174 g/mol. The lowest BCUT2D eigenvalue weighted by molar-refractivity contribution is -0.596. The van der Waals surface area contributed by atoms with Crippen molar-refractivity contribution in [1.82, 2.24) is 26.2 Å². The summed E-state index contributed by atoms with van der Waals surface area (Å²) < 4.78 is 0. The van der Waals surface area contributed by atoms with Gasteiger partial charge in [-0.3, -0.25) is 4.84 Å². The molecule has 1 aromatic heterocycles. The zero-order chi connectivity index (χ0) is 8.97. The van der Waals surface area contributed by atoms with E-state index in [1.54, 1.807) is 0 Å². The maximum Gasteiger partial charge on any atom is 0.409 e. The van der Waals surface area contributed by atoms with E-state index in [1.807, 2.05) is 5.21 Å². The molecule has 0 aromatic carbocycles. The third kappa shape index (κ3) is 1.86. The molecule has 1 heterocycles. The van der Waals surface area contributed by atoms with Crippen molar-refractivity contribution in [2.24, 2.45) is 0 Å². The minimum absolute atomic E-state index is 0.399. The first-order chi connectivity index (χ1) is 5.70. The van der Waals surface area contributed by atoms with Crippen molar-refractivity contribution in [3.05, 3.63) is 15.9 Å². The van der Waals surface area contributed by atoms with Crippen molar-refractivity contribution in [3.8, 4) is 0 Å². The summed E-state index contributed by atoms with van der Waals surface area (Å²) >= 11 is 0. The van der Waals surface area contributed by atoms with Gasteiger partial charge in [0.2, 0.25) is 0 Å². The Morgan fingerprint density at radius 1 is 1.75 bits per heavy atom. The first kappa shape index (κ1) is 7.84. The van der Waals surface area contributed by atoms with Gasteiger partial charge in [-0.1, -0.05) is 0 Å². The van der Waals surface area contributed by atoms with E-state index in [4.69, 9.17) is 0 Å². The minimum atomic E-state index is -1.10. The number of rotatable bonds is 3. The molecule has 0 fully saturated rings. The molecule has 0 amide bonds. The number of hydrogen-bond acceptors (Lipinski definition) is 7. The van der Waals surface area contributed by atoms with Gasteiger partial charge in [-0.05, 0) is 5.21 Å². The van der Waals surface area contributed by atoms with Gasteiger partial charge in [-0.25, -0.2) is 14.9 Å². The lowest BCUT2D eigenvalue weighted by atomic mass is 10.7. The Morgan fingerprint density at radius 3 is 3.00 bits per heavy atom. The van der Waals surface area contributed by atoms with Gasteiger partial charge in [-0.2, -0.15) is 5.21 Å². The highest BCUT2D eigenvalue weighted by molar-refractivity contribution is 5.84. The molecule has 0 aliphatic rings. The van der Waals surface area contributed by atoms with Crippen molar-refractivity contribution < 1.29 is 14.7 Å². The van der Waals surface area contributed by atoms with Crippen molar-refractivity contribution in [2.75, 3.05) is 0 Å². The Hall–Kier alpha value is -2.26. The second-order valence-corrected chi connectivity index (χ2v) is 1.47. The molecular formula is C2H2N6O4. The van der Waals surface area contributed by atoms with Crippen molar-refractivity contribution >= 4 is 5.97 Å². The summed E-state index contributed by atoms with van der Waals surface area (Å²) in [4.78, 5) is 24.1. The van der Waals surface area contributed by atoms with Crippen LogP contribution in [0.15, 0.2) is 0 Å². The highest BCUT2D eigenvalue weighted by atomic mass is 16.8. The molecule has 0 atom stereocenters. The highest BCUT2D eigenvalue weighted by Gasteiger charge is 2.14. The van der Waals surface area contributed by atoms with E-state index in [1.165, 1.54) is 5.59 Å². The van der Waals surface area contributed by atoms with Crippen LogP contribution in [0.2, 0.25) is 0 Å². The molecule has 0 radical (unpaired) electrons. The fourth-order valence-electron chi connectivity index (χ4n) is 0.373. The fourth-order valence-corrected chi connectivity index (χ4v) is 0.373. The number of nitro groups is 1. The maximum atomic E-state index is 10.6. The zero-order valence-corrected chi connectivity index (χ0v) is 5.42. The maximum absolute atomic E-state index is 10.6. The van der Waals surface area contributed by atoms with Crippen LogP contribution in [-0.4, -0.2) is 31.6 Å². The number of nitrogens with one attached hydrogen (secondary N) is 2. The quantitative estimate of drug-likeness (QED) is 0.398. The molecule has 0 bridgehead atoms. The van der Waals surface area contributed by atoms with Crippen molar-refractivity contribution in [1.29, 1.82) is 0 Å². The summed E-state index contributed by atoms with van der Waals surface area (Å²) in [5.74, 6) is -1.50. The first-order valence-electron chi connectivity index (χ1n) is 2.55. The molecule has 10 nitrogen and oxygen atoms in total. The van der Waals surface area contributed by atoms with Crippen molar-refractivity contribution in [3.63, 3.8) is 0 Å². The smallest absolute Gasteiger partial charge is 0.282 e. The average Bonchev–Trinajstić information content (AvgIpc) is 2.51. The predicted octanol–water partition coefficient (Wildman–Crippen LogP) is -1.95. The van der Waals surface area contributed by atoms with Gasteiger partial charge in [0.25, 0.3) is 5.82 Å². The molecule has 0 aliphatic carbocycles. The standard InChI is InChI=1S/C2H2N6O4/c9-2(12-7-8(10)11)1-3-5-6-4-1/h7H,(H,3,4,5,6). The molecule has 0 saturated heterocycles. The average molecular weight is 174 g/mol. The molecule has 0 aliphatic heterocycles. The molecule has 1 aromatic rings. The van der Waals surface area contributed by atoms with Crippen LogP contribution in [0, 0.1) is 10.1 Å². The van der Waals surface area contributed by atoms with E-state index in [0.717, 1.165) is 0 Å². The normalized spacial score (nSPS) is 9.00. The van der Waals surface area contributed by atoms with Crippen LogP contribution in [0.4, 0.5) is 0 Å². The second kappa shape index (κ2) is 3.23. The molecule has 10 heteroatoms. The fraction of sp³-hybridized carbons (Fsp3) is 0. The molecule has 64 valence electrons. The van der Waals surface area contributed by atoms with Crippen LogP contribution in [0.5, 0.6) is 0 Å². The van der Waals surface area contributed by atoms with Gasteiger partial charge in [0.15, 0.2) is 5.03 Å². The number of carbonyl (C=O) groups excluding carboxylic acids is 1. The highest BCUT2D eigenvalue weighted by Crippen LogP contribution is 1.85. The van der Waals surface area contributed by atoms with Gasteiger partial charge < -0.3 is 0 Å². The largest absolute Gasteiger partial charge is 0.409 e. The Morgan fingerprint density at radius 2 is 2.50 bits per heavy atom. The lowest BCUT2D eigenvalue weighted by Gasteiger charge is -1.92. The van der Waals surface area contributed by atoms with E-state index < -0.39 is 16.8 Å². The summed E-state index contributed by atoms with van der Waals surface area (Å²) in [5.41, 5.74) is 1.18. The first-order valence-corrected chi connectivity index (χ1v) is 2.55. The van der Waals surface area contributed by atoms with E-state index in [2.05, 4.69) is 20.2 Å². The number of aromatic amines is 1. The zero-order valence-electron chi connectivity index (χ0n) is 5.42. The summed E-state index contributed by atoms with van der Waals surface area (Å²) in [6.45, 7) is 0. The summed E-state index contributed by atoms with van der Waals surface area (Å²) in [6.07, 6.45) is 0. The summed E-state index contributed by atoms with van der Waals surface area (Å²) in [6, 6.07) is 0. The Labute approximate surface area is 64.0 Å². The van der Waals surface area contributed by atoms with E-state index in [9.17, 15) is 14.9 Å². The van der Waals surface area contributed by atoms with Gasteiger partial charge >= 0.3 is 5.97 Å². The minimum Gasteiger partial charge on any atom is -0.282 e. The van der Waals surface area contributed by atoms with E-state index >= 15 is 0 Å². The number of nitrogens with zero attached hydrogens (tertiary/aromatic N) is 4. The molecule has 0 spiro atoms. The number of hydrogen-bond donors (Lipinski definition) is 2. The molecular weight excluding hydrogens is 172 g/mol. The SMILES string of the molecule is O=C(ON[N+](=O)[O-])c1nn[nH]n1. The van der Waals surface area contributed by atoms with Crippen LogP contribution in [0.25, 0.3) is 0 Å². The molecule has 1 rings (SSSR count). The van der Waals surface area contributed by atoms with Crippen molar-refractivity contribution in [2.45, 2.75) is 0 Å². The third-order valence-corrected chi connectivity index (χ3v) is 0.741. The summed E-state index contributed by atoms with van der Waals surface area (Å²) in [5, 5.41) is 20.0. The number of tetrazole rings is 1. The number of H-pyrrole nitrogens is 1. The predicted molar refractivity (Wildman–Crippen MR) is 29.7 cm³/mol. The van der Waals surface area contributed by atoms with Gasteiger partial charge in [0.05, 0.1) is 0 Å². The molecule has 0 unspecified atom stereocenters. The molecule has 12 heavy (non-hydrogen) atoms. The number of hydrazine groups is 1. The summed E-state index contributed by atoms with van der Waals surface area (Å²) in [7, 11) is 0. The van der Waals surface area contributed by atoms with Gasteiger partial charge in [-0.15, -0.1) is 10.2 Å². The van der Waals surface area contributed by atoms with Crippen LogP contribution in [0.3, 0.4) is 0 Å². The number of aromatic nitrogens is 4. The Kier molecular flexibility index (Phi) is 2.11. The van der Waals surface area contributed by atoms with Crippen LogP contribution < -0.4 is 5.59 Å². The number of carbonyl (C=O) groups is 1. The van der Waals surface area contributed by atoms with Crippen LogP contribution >= 0.6 is 0 Å². The van der Waals surface area contributed by atoms with Gasteiger partial charge in [0, 0.05) is 5.59 Å². The second-order valence-electron chi connectivity index (χ2n) is 1.47. The van der Waals surface area contributed by atoms with Crippen LogP contribution in [-0.2, 0) is 4.84 Å². The van der Waals surface area contributed by atoms with Crippen LogP contribution in [0.1, 0.15) is 10.6 Å². The topological polar surface area (TPSA) is 136 Å². The van der Waals surface area contributed by atoms with E-state index in [0.29, 0.717) is 0 Å².